The molecule has 1 amide bonds. The lowest BCUT2D eigenvalue weighted by molar-refractivity contribution is -0.131. The summed E-state index contributed by atoms with van der Waals surface area (Å²) in [5, 5.41) is 7.45. The molecule has 1 aromatic carbocycles. The van der Waals surface area contributed by atoms with E-state index < -0.39 is 0 Å². The fourth-order valence-corrected chi connectivity index (χ4v) is 3.11. The van der Waals surface area contributed by atoms with E-state index in [1.165, 1.54) is 0 Å². The number of benzene rings is 1. The van der Waals surface area contributed by atoms with Crippen molar-refractivity contribution in [1.29, 1.82) is 0 Å². The van der Waals surface area contributed by atoms with Crippen molar-refractivity contribution in [3.63, 3.8) is 0 Å². The monoisotopic (exact) mass is 313 g/mol. The van der Waals surface area contributed by atoms with Gasteiger partial charge in [-0.3, -0.25) is 4.79 Å². The number of amides is 1. The van der Waals surface area contributed by atoms with Crippen molar-refractivity contribution in [2.75, 3.05) is 18.4 Å². The molecule has 1 saturated heterocycles. The minimum atomic E-state index is 0.152. The molecule has 0 aliphatic carbocycles. The van der Waals surface area contributed by atoms with Gasteiger partial charge in [0.05, 0.1) is 12.1 Å². The highest BCUT2D eigenvalue weighted by molar-refractivity contribution is 5.79. The zero-order valence-electron chi connectivity index (χ0n) is 13.7. The van der Waals surface area contributed by atoms with Crippen LogP contribution in [0.3, 0.4) is 0 Å². The molecule has 5 nitrogen and oxygen atoms in total. The van der Waals surface area contributed by atoms with Crippen LogP contribution in [-0.2, 0) is 11.2 Å². The largest absolute Gasteiger partial charge is 0.381 e. The smallest absolute Gasteiger partial charge is 0.227 e. The molecule has 0 bridgehead atoms. The molecule has 1 aliphatic heterocycles. The number of carbonyl (C=O) groups excluding carboxylic acids is 1. The van der Waals surface area contributed by atoms with E-state index in [0.717, 1.165) is 48.6 Å². The van der Waals surface area contributed by atoms with E-state index in [1.807, 2.05) is 36.9 Å². The summed E-state index contributed by atoms with van der Waals surface area (Å²) in [5.74, 6) is 0.894. The minimum absolute atomic E-state index is 0.152. The normalized spacial score (nSPS) is 18.0. The van der Waals surface area contributed by atoms with Crippen molar-refractivity contribution in [1.82, 2.24) is 10.1 Å². The van der Waals surface area contributed by atoms with Crippen LogP contribution in [0.5, 0.6) is 0 Å². The number of aryl methyl sites for hydroxylation is 2. The second-order valence-corrected chi connectivity index (χ2v) is 6.17. The first-order valence-corrected chi connectivity index (χ1v) is 8.14. The maximum atomic E-state index is 12.6. The third kappa shape index (κ3) is 3.73. The van der Waals surface area contributed by atoms with Crippen molar-refractivity contribution in [3.8, 4) is 0 Å². The number of carbonyl (C=O) groups is 1. The van der Waals surface area contributed by atoms with Gasteiger partial charge in [0.15, 0.2) is 0 Å². The molecule has 5 heteroatoms. The highest BCUT2D eigenvalue weighted by atomic mass is 16.5. The highest BCUT2D eigenvalue weighted by Crippen LogP contribution is 2.19. The second kappa shape index (κ2) is 6.86. The Balaban J connectivity index is 1.61. The zero-order valence-corrected chi connectivity index (χ0v) is 13.7. The molecule has 0 radical (unpaired) electrons. The summed E-state index contributed by atoms with van der Waals surface area (Å²) in [6.45, 7) is 5.32. The fourth-order valence-electron chi connectivity index (χ4n) is 3.11. The number of hydrogen-bond acceptors (Lipinski definition) is 4. The molecule has 0 unspecified atom stereocenters. The van der Waals surface area contributed by atoms with Gasteiger partial charge in [-0.05, 0) is 38.8 Å². The first kappa shape index (κ1) is 15.6. The summed E-state index contributed by atoms with van der Waals surface area (Å²) < 4.78 is 5.15. The van der Waals surface area contributed by atoms with E-state index in [2.05, 4.69) is 22.6 Å². The van der Waals surface area contributed by atoms with Crippen molar-refractivity contribution in [3.05, 3.63) is 47.3 Å². The quantitative estimate of drug-likeness (QED) is 0.943. The van der Waals surface area contributed by atoms with Crippen LogP contribution >= 0.6 is 0 Å². The van der Waals surface area contributed by atoms with Crippen LogP contribution in [0.4, 0.5) is 5.69 Å². The Bertz CT molecular complexity index is 647. The Kier molecular flexibility index (Phi) is 4.65. The molecule has 2 heterocycles. The number of likely N-dealkylation sites (tertiary alicyclic amines) is 1. The SMILES string of the molecule is Cc1noc(C)c1CC(=O)N1CCC[C@@H](Nc2ccccc2)C1. The van der Waals surface area contributed by atoms with E-state index in [0.29, 0.717) is 12.5 Å². The molecule has 122 valence electrons. The number of anilines is 1. The van der Waals surface area contributed by atoms with E-state index in [1.54, 1.807) is 0 Å². The molecule has 3 rings (SSSR count). The van der Waals surface area contributed by atoms with Crippen LogP contribution in [0.15, 0.2) is 34.9 Å². The molecule has 2 aromatic rings. The standard InChI is InChI=1S/C18H23N3O2/c1-13-17(14(2)23-20-13)11-18(22)21-10-6-9-16(12-21)19-15-7-4-3-5-8-15/h3-5,7-8,16,19H,6,9-12H2,1-2H3/t16-/m1/s1. The van der Waals surface area contributed by atoms with Gasteiger partial charge in [0, 0.05) is 30.4 Å². The first-order chi connectivity index (χ1) is 11.1. The first-order valence-electron chi connectivity index (χ1n) is 8.14. The van der Waals surface area contributed by atoms with Crippen LogP contribution in [0.2, 0.25) is 0 Å². The molecular formula is C18H23N3O2. The van der Waals surface area contributed by atoms with Gasteiger partial charge in [0.2, 0.25) is 5.91 Å². The van der Waals surface area contributed by atoms with Crippen molar-refractivity contribution in [2.45, 2.75) is 39.2 Å². The average Bonchev–Trinajstić information content (AvgIpc) is 2.88. The summed E-state index contributed by atoms with van der Waals surface area (Å²) in [6.07, 6.45) is 2.49. The molecule has 1 N–H and O–H groups in total. The number of nitrogens with one attached hydrogen (secondary N) is 1. The van der Waals surface area contributed by atoms with Crippen molar-refractivity contribution >= 4 is 11.6 Å². The predicted molar refractivity (Wildman–Crippen MR) is 89.3 cm³/mol. The van der Waals surface area contributed by atoms with E-state index in [9.17, 15) is 4.79 Å². The second-order valence-electron chi connectivity index (χ2n) is 6.17. The van der Waals surface area contributed by atoms with E-state index in [-0.39, 0.29) is 5.91 Å². The molecule has 0 saturated carbocycles. The van der Waals surface area contributed by atoms with Gasteiger partial charge in [-0.2, -0.15) is 0 Å². The van der Waals surface area contributed by atoms with Crippen LogP contribution in [0, 0.1) is 13.8 Å². The number of hydrogen-bond donors (Lipinski definition) is 1. The third-order valence-corrected chi connectivity index (χ3v) is 4.43. The van der Waals surface area contributed by atoms with Crippen molar-refractivity contribution < 1.29 is 9.32 Å². The molecule has 1 atom stereocenters. The van der Waals surface area contributed by atoms with Crippen molar-refractivity contribution in [2.24, 2.45) is 0 Å². The Hall–Kier alpha value is -2.30. The number of rotatable bonds is 4. The number of nitrogens with zero attached hydrogens (tertiary/aromatic N) is 2. The summed E-state index contributed by atoms with van der Waals surface area (Å²) >= 11 is 0. The topological polar surface area (TPSA) is 58.4 Å². The number of piperidine rings is 1. The van der Waals surface area contributed by atoms with Crippen LogP contribution in [-0.4, -0.2) is 35.1 Å². The Labute approximate surface area is 136 Å². The number of aromatic nitrogens is 1. The molecule has 1 fully saturated rings. The average molecular weight is 313 g/mol. The Morgan fingerprint density at radius 1 is 1.35 bits per heavy atom. The Morgan fingerprint density at radius 3 is 2.83 bits per heavy atom. The molecular weight excluding hydrogens is 290 g/mol. The van der Waals surface area contributed by atoms with Gasteiger partial charge in [0.1, 0.15) is 5.76 Å². The lowest BCUT2D eigenvalue weighted by Gasteiger charge is -2.33. The lowest BCUT2D eigenvalue weighted by atomic mass is 10.0. The van der Waals surface area contributed by atoms with E-state index >= 15 is 0 Å². The minimum Gasteiger partial charge on any atom is -0.381 e. The van der Waals surface area contributed by atoms with Crippen LogP contribution < -0.4 is 5.32 Å². The van der Waals surface area contributed by atoms with Crippen LogP contribution in [0.25, 0.3) is 0 Å². The van der Waals surface area contributed by atoms with Gasteiger partial charge in [-0.1, -0.05) is 23.4 Å². The molecule has 23 heavy (non-hydrogen) atoms. The van der Waals surface area contributed by atoms with Crippen LogP contribution in [0.1, 0.15) is 29.9 Å². The Morgan fingerprint density at radius 2 is 2.13 bits per heavy atom. The van der Waals surface area contributed by atoms with Gasteiger partial charge >= 0.3 is 0 Å². The fraction of sp³-hybridized carbons (Fsp3) is 0.444. The molecule has 0 spiro atoms. The van der Waals surface area contributed by atoms with Gasteiger partial charge < -0.3 is 14.7 Å². The zero-order chi connectivity index (χ0) is 16.2. The van der Waals surface area contributed by atoms with Gasteiger partial charge in [0.25, 0.3) is 0 Å². The third-order valence-electron chi connectivity index (χ3n) is 4.43. The maximum absolute atomic E-state index is 12.6. The summed E-state index contributed by atoms with van der Waals surface area (Å²) in [6, 6.07) is 10.5. The van der Waals surface area contributed by atoms with E-state index in [4.69, 9.17) is 4.52 Å². The van der Waals surface area contributed by atoms with Gasteiger partial charge in [-0.15, -0.1) is 0 Å². The highest BCUT2D eigenvalue weighted by Gasteiger charge is 2.25. The summed E-state index contributed by atoms with van der Waals surface area (Å²) in [7, 11) is 0. The predicted octanol–water partition coefficient (Wildman–Crippen LogP) is 2.94. The summed E-state index contributed by atoms with van der Waals surface area (Å²) in [5.41, 5.74) is 2.84. The summed E-state index contributed by atoms with van der Waals surface area (Å²) in [4.78, 5) is 14.6. The maximum Gasteiger partial charge on any atom is 0.227 e. The number of para-hydroxylation sites is 1. The molecule has 1 aliphatic rings. The molecule has 1 aromatic heterocycles. The van der Waals surface area contributed by atoms with Gasteiger partial charge in [-0.25, -0.2) is 0 Å². The lowest BCUT2D eigenvalue weighted by Crippen LogP contribution is -2.45.